The van der Waals surface area contributed by atoms with E-state index in [0.717, 1.165) is 25.1 Å². The van der Waals surface area contributed by atoms with Crippen molar-refractivity contribution in [1.29, 1.82) is 0 Å². The summed E-state index contributed by atoms with van der Waals surface area (Å²) in [7, 11) is 0. The molecule has 0 fully saturated rings. The van der Waals surface area contributed by atoms with E-state index in [1.807, 2.05) is 12.1 Å². The van der Waals surface area contributed by atoms with E-state index in [1.165, 1.54) is 75.7 Å². The number of carboxylic acid groups (broad SMARTS) is 1. The molecular formula is C26H41N2O2+. The minimum atomic E-state index is -0.871. The van der Waals surface area contributed by atoms with Crippen molar-refractivity contribution >= 4 is 5.97 Å². The van der Waals surface area contributed by atoms with Crippen LogP contribution in [0.1, 0.15) is 105 Å². The zero-order valence-electron chi connectivity index (χ0n) is 19.3. The minimum Gasteiger partial charge on any atom is -0.478 e. The number of rotatable bonds is 15. The van der Waals surface area contributed by atoms with Crippen molar-refractivity contribution in [2.75, 3.05) is 0 Å². The number of unbranched alkanes of at least 4 members (excludes halogenated alkanes) is 9. The van der Waals surface area contributed by atoms with Gasteiger partial charge in [-0.2, -0.15) is 0 Å². The summed E-state index contributed by atoms with van der Waals surface area (Å²) < 4.78 is 4.77. The van der Waals surface area contributed by atoms with Gasteiger partial charge < -0.3 is 5.11 Å². The quantitative estimate of drug-likeness (QED) is 0.274. The number of hydrogen-bond acceptors (Lipinski definition) is 1. The van der Waals surface area contributed by atoms with Crippen LogP contribution in [0.3, 0.4) is 0 Å². The molecule has 166 valence electrons. The maximum atomic E-state index is 11.1. The number of aryl methyl sites for hydroxylation is 1. The van der Waals surface area contributed by atoms with Crippen molar-refractivity contribution in [3.05, 3.63) is 53.1 Å². The molecular weight excluding hydrogens is 372 g/mol. The van der Waals surface area contributed by atoms with Crippen LogP contribution in [0.15, 0.2) is 30.5 Å². The SMILES string of the molecule is CCCCCCCCCCCCc1n(CC)c(C)c[n+]1Cc1ccc(C(=O)O)cc1. The van der Waals surface area contributed by atoms with Gasteiger partial charge in [-0.3, -0.25) is 0 Å². The Bertz CT molecular complexity index is 762. The van der Waals surface area contributed by atoms with Gasteiger partial charge in [0.25, 0.3) is 5.82 Å². The predicted molar refractivity (Wildman–Crippen MR) is 123 cm³/mol. The van der Waals surface area contributed by atoms with Gasteiger partial charge in [0.1, 0.15) is 18.4 Å². The number of carboxylic acids is 1. The van der Waals surface area contributed by atoms with E-state index >= 15 is 0 Å². The summed E-state index contributed by atoms with van der Waals surface area (Å²) in [6, 6.07) is 7.26. The van der Waals surface area contributed by atoms with Crippen LogP contribution in [0.5, 0.6) is 0 Å². The summed E-state index contributed by atoms with van der Waals surface area (Å²) in [6.07, 6.45) is 16.9. The Morgan fingerprint density at radius 2 is 1.47 bits per heavy atom. The van der Waals surface area contributed by atoms with E-state index < -0.39 is 5.97 Å². The van der Waals surface area contributed by atoms with Gasteiger partial charge in [-0.05, 0) is 31.0 Å². The first-order chi connectivity index (χ1) is 14.6. The van der Waals surface area contributed by atoms with Crippen LogP contribution < -0.4 is 4.57 Å². The average molecular weight is 414 g/mol. The van der Waals surface area contributed by atoms with E-state index in [0.29, 0.717) is 5.56 Å². The van der Waals surface area contributed by atoms with Crippen LogP contribution in [0.4, 0.5) is 0 Å². The second kappa shape index (κ2) is 13.3. The summed E-state index contributed by atoms with van der Waals surface area (Å²) in [5.74, 6) is 0.515. The highest BCUT2D eigenvalue weighted by Crippen LogP contribution is 2.13. The average Bonchev–Trinajstić information content (AvgIpc) is 3.03. The first-order valence-electron chi connectivity index (χ1n) is 12.0. The van der Waals surface area contributed by atoms with Gasteiger partial charge in [0.2, 0.25) is 0 Å². The monoisotopic (exact) mass is 413 g/mol. The molecule has 1 aromatic carbocycles. The second-order valence-electron chi connectivity index (χ2n) is 8.49. The molecule has 1 N–H and O–H groups in total. The molecule has 0 unspecified atom stereocenters. The van der Waals surface area contributed by atoms with E-state index in [-0.39, 0.29) is 0 Å². The number of aromatic carboxylic acids is 1. The Hall–Kier alpha value is -2.10. The van der Waals surface area contributed by atoms with Crippen LogP contribution in [-0.2, 0) is 19.5 Å². The number of carbonyl (C=O) groups is 1. The molecule has 0 amide bonds. The molecule has 0 spiro atoms. The second-order valence-corrected chi connectivity index (χ2v) is 8.49. The number of hydrogen-bond donors (Lipinski definition) is 1. The molecule has 0 radical (unpaired) electrons. The summed E-state index contributed by atoms with van der Waals surface area (Å²) in [6.45, 7) is 8.44. The van der Waals surface area contributed by atoms with E-state index in [1.54, 1.807) is 12.1 Å². The molecule has 4 nitrogen and oxygen atoms in total. The lowest BCUT2D eigenvalue weighted by Crippen LogP contribution is -2.37. The molecule has 0 aliphatic rings. The molecule has 0 atom stereocenters. The highest BCUT2D eigenvalue weighted by atomic mass is 16.4. The molecule has 2 rings (SSSR count). The van der Waals surface area contributed by atoms with Crippen LogP contribution in [-0.4, -0.2) is 15.6 Å². The van der Waals surface area contributed by atoms with Crippen molar-refractivity contribution in [3.63, 3.8) is 0 Å². The Labute approximate surface area is 182 Å². The summed E-state index contributed by atoms with van der Waals surface area (Å²) in [4.78, 5) is 11.1. The number of imidazole rings is 1. The van der Waals surface area contributed by atoms with Crippen LogP contribution in [0.2, 0.25) is 0 Å². The van der Waals surface area contributed by atoms with Gasteiger partial charge >= 0.3 is 5.97 Å². The Kier molecular flexibility index (Phi) is 10.7. The molecule has 0 saturated heterocycles. The van der Waals surface area contributed by atoms with Gasteiger partial charge in [-0.1, -0.05) is 76.8 Å². The lowest BCUT2D eigenvalue weighted by atomic mass is 10.1. The number of aromatic nitrogens is 2. The van der Waals surface area contributed by atoms with Crippen molar-refractivity contribution in [2.45, 2.75) is 104 Å². The van der Waals surface area contributed by atoms with Gasteiger partial charge in [0.15, 0.2) is 0 Å². The van der Waals surface area contributed by atoms with Crippen molar-refractivity contribution in [3.8, 4) is 0 Å². The molecule has 0 aliphatic carbocycles. The van der Waals surface area contributed by atoms with E-state index in [9.17, 15) is 4.79 Å². The summed E-state index contributed by atoms with van der Waals surface area (Å²) in [5.41, 5.74) is 2.78. The third-order valence-electron chi connectivity index (χ3n) is 6.04. The number of benzene rings is 1. The van der Waals surface area contributed by atoms with Crippen LogP contribution in [0.25, 0.3) is 0 Å². The first-order valence-corrected chi connectivity index (χ1v) is 12.0. The van der Waals surface area contributed by atoms with E-state index in [2.05, 4.69) is 36.1 Å². The first kappa shape index (κ1) is 24.2. The maximum absolute atomic E-state index is 11.1. The third kappa shape index (κ3) is 7.62. The van der Waals surface area contributed by atoms with Crippen molar-refractivity contribution < 1.29 is 14.5 Å². The fourth-order valence-electron chi connectivity index (χ4n) is 4.30. The zero-order valence-corrected chi connectivity index (χ0v) is 19.3. The topological polar surface area (TPSA) is 46.1 Å². The molecule has 0 bridgehead atoms. The van der Waals surface area contributed by atoms with E-state index in [4.69, 9.17) is 5.11 Å². The largest absolute Gasteiger partial charge is 0.478 e. The maximum Gasteiger partial charge on any atom is 0.335 e. The molecule has 0 saturated carbocycles. The molecule has 2 aromatic rings. The Balaban J connectivity index is 1.84. The highest BCUT2D eigenvalue weighted by molar-refractivity contribution is 5.87. The molecule has 30 heavy (non-hydrogen) atoms. The Morgan fingerprint density at radius 3 is 2.00 bits per heavy atom. The van der Waals surface area contributed by atoms with Crippen LogP contribution in [0, 0.1) is 6.92 Å². The zero-order chi connectivity index (χ0) is 21.8. The lowest BCUT2D eigenvalue weighted by Gasteiger charge is -2.06. The normalized spacial score (nSPS) is 11.2. The highest BCUT2D eigenvalue weighted by Gasteiger charge is 2.19. The van der Waals surface area contributed by atoms with Gasteiger partial charge in [-0.25, -0.2) is 13.9 Å². The molecule has 1 heterocycles. The van der Waals surface area contributed by atoms with Gasteiger partial charge in [-0.15, -0.1) is 0 Å². The van der Waals surface area contributed by atoms with Crippen LogP contribution >= 0.6 is 0 Å². The summed E-state index contributed by atoms with van der Waals surface area (Å²) in [5, 5.41) is 9.10. The third-order valence-corrected chi connectivity index (χ3v) is 6.04. The Morgan fingerprint density at radius 1 is 0.900 bits per heavy atom. The standard InChI is InChI=1S/C26H40N2O2/c1-4-6-7-8-9-10-11-12-13-14-15-25-27(20-22(3)28(25)5-2)21-23-16-18-24(19-17-23)26(29)30/h16-20H,4-15,21H2,1-3H3/p+1. The predicted octanol–water partition coefficient (Wildman–Crippen LogP) is 6.31. The minimum absolute atomic E-state index is 0.344. The fraction of sp³-hybridized carbons (Fsp3) is 0.615. The lowest BCUT2D eigenvalue weighted by molar-refractivity contribution is -0.695. The molecule has 0 aliphatic heterocycles. The smallest absolute Gasteiger partial charge is 0.335 e. The molecule has 1 aromatic heterocycles. The van der Waals surface area contributed by atoms with Crippen molar-refractivity contribution in [1.82, 2.24) is 4.57 Å². The van der Waals surface area contributed by atoms with Gasteiger partial charge in [0.05, 0.1) is 12.1 Å². The van der Waals surface area contributed by atoms with Gasteiger partial charge in [0, 0.05) is 13.3 Å². The van der Waals surface area contributed by atoms with Crippen molar-refractivity contribution in [2.24, 2.45) is 0 Å². The number of nitrogens with zero attached hydrogens (tertiary/aromatic N) is 2. The molecule has 4 heteroatoms. The fourth-order valence-corrected chi connectivity index (χ4v) is 4.30. The summed E-state index contributed by atoms with van der Waals surface area (Å²) >= 11 is 0.